The maximum absolute atomic E-state index is 12.7. The number of carbonyl (C=O) groups excluding carboxylic acids is 1. The zero-order valence-corrected chi connectivity index (χ0v) is 16.7. The van der Waals surface area contributed by atoms with Gasteiger partial charge in [0.05, 0.1) is 15.5 Å². The first kappa shape index (κ1) is 19.1. The summed E-state index contributed by atoms with van der Waals surface area (Å²) >= 11 is 1.38. The molecule has 0 radical (unpaired) electrons. The molecular formula is C21H20N4O3S. The molecule has 148 valence electrons. The molecular weight excluding hydrogens is 388 g/mol. The summed E-state index contributed by atoms with van der Waals surface area (Å²) in [6.07, 6.45) is 2.04. The molecule has 1 saturated heterocycles. The van der Waals surface area contributed by atoms with Crippen LogP contribution in [0.5, 0.6) is 0 Å². The molecule has 29 heavy (non-hydrogen) atoms. The fraction of sp³-hybridized carbons (Fsp3) is 0.238. The van der Waals surface area contributed by atoms with Crippen molar-refractivity contribution in [1.82, 2.24) is 4.98 Å². The highest BCUT2D eigenvalue weighted by molar-refractivity contribution is 7.19. The number of benzene rings is 2. The molecule has 0 spiro atoms. The van der Waals surface area contributed by atoms with Crippen LogP contribution in [0.1, 0.15) is 28.9 Å². The quantitative estimate of drug-likeness (QED) is 0.480. The molecule has 1 aromatic heterocycles. The fourth-order valence-electron chi connectivity index (χ4n) is 3.51. The summed E-state index contributed by atoms with van der Waals surface area (Å²) in [5.74, 6) is -0.408. The molecule has 3 aromatic rings. The van der Waals surface area contributed by atoms with Crippen LogP contribution < -0.4 is 10.2 Å². The Kier molecular flexibility index (Phi) is 5.26. The van der Waals surface area contributed by atoms with Crippen LogP contribution in [0.3, 0.4) is 0 Å². The van der Waals surface area contributed by atoms with Gasteiger partial charge >= 0.3 is 0 Å². The van der Waals surface area contributed by atoms with Crippen molar-refractivity contribution >= 4 is 33.8 Å². The number of nitrogens with one attached hydrogen (secondary N) is 1. The van der Waals surface area contributed by atoms with Crippen LogP contribution in [-0.2, 0) is 0 Å². The van der Waals surface area contributed by atoms with Gasteiger partial charge in [-0.25, -0.2) is 4.98 Å². The molecule has 0 unspecified atom stereocenters. The molecule has 0 bridgehead atoms. The van der Waals surface area contributed by atoms with Gasteiger partial charge in [0.15, 0.2) is 5.13 Å². The third-order valence-corrected chi connectivity index (χ3v) is 6.06. The largest absolute Gasteiger partial charge is 0.366 e. The van der Waals surface area contributed by atoms with Gasteiger partial charge in [-0.15, -0.1) is 0 Å². The van der Waals surface area contributed by atoms with E-state index in [0.29, 0.717) is 10.8 Å². The highest BCUT2D eigenvalue weighted by Crippen LogP contribution is 2.34. The van der Waals surface area contributed by atoms with E-state index in [-0.39, 0.29) is 11.3 Å². The number of hydrogen-bond acceptors (Lipinski definition) is 6. The Balaban J connectivity index is 1.57. The summed E-state index contributed by atoms with van der Waals surface area (Å²) in [5.41, 5.74) is 2.63. The van der Waals surface area contributed by atoms with Crippen molar-refractivity contribution in [1.29, 1.82) is 0 Å². The van der Waals surface area contributed by atoms with E-state index in [0.717, 1.165) is 42.1 Å². The van der Waals surface area contributed by atoms with Gasteiger partial charge in [-0.3, -0.25) is 20.2 Å². The van der Waals surface area contributed by atoms with E-state index < -0.39 is 10.8 Å². The third kappa shape index (κ3) is 3.97. The van der Waals surface area contributed by atoms with E-state index in [1.807, 2.05) is 42.2 Å². The van der Waals surface area contributed by atoms with Crippen LogP contribution in [0, 0.1) is 17.0 Å². The average Bonchev–Trinajstić information content (AvgIpc) is 3.38. The summed E-state index contributed by atoms with van der Waals surface area (Å²) in [5, 5.41) is 14.8. The predicted molar refractivity (Wildman–Crippen MR) is 115 cm³/mol. The molecule has 2 heterocycles. The first-order chi connectivity index (χ1) is 14.0. The molecule has 0 aliphatic carbocycles. The zero-order valence-electron chi connectivity index (χ0n) is 15.9. The van der Waals surface area contributed by atoms with Gasteiger partial charge in [-0.05, 0) is 37.5 Å². The smallest absolute Gasteiger partial charge is 0.293 e. The first-order valence-electron chi connectivity index (χ1n) is 9.40. The fourth-order valence-corrected chi connectivity index (χ4v) is 4.48. The second kappa shape index (κ2) is 8.00. The van der Waals surface area contributed by atoms with E-state index in [2.05, 4.69) is 10.3 Å². The van der Waals surface area contributed by atoms with Crippen LogP contribution in [0.25, 0.3) is 10.4 Å². The standard InChI is InChI=1S/C21H20N4O3S/c1-14-19(15-7-3-2-4-8-15)29-21(22-14)23-20(26)16-9-10-17(18(13-16)25(27)28)24-11-5-6-12-24/h2-4,7-10,13H,5-6,11-12H2,1H3,(H,22,23,26). The lowest BCUT2D eigenvalue weighted by molar-refractivity contribution is -0.384. The Labute approximate surface area is 172 Å². The average molecular weight is 408 g/mol. The molecule has 1 N–H and O–H groups in total. The minimum atomic E-state index is -0.425. The molecule has 7 nitrogen and oxygen atoms in total. The van der Waals surface area contributed by atoms with Crippen LogP contribution in [0.15, 0.2) is 48.5 Å². The Morgan fingerprint density at radius 1 is 1.17 bits per heavy atom. The molecule has 1 amide bonds. The van der Waals surface area contributed by atoms with Crippen LogP contribution in [-0.4, -0.2) is 28.9 Å². The number of nitro groups is 1. The van der Waals surface area contributed by atoms with Crippen LogP contribution >= 0.6 is 11.3 Å². The molecule has 1 fully saturated rings. The molecule has 4 rings (SSSR count). The van der Waals surface area contributed by atoms with Gasteiger partial charge in [0.2, 0.25) is 0 Å². The zero-order chi connectivity index (χ0) is 20.4. The monoisotopic (exact) mass is 408 g/mol. The van der Waals surface area contributed by atoms with Crippen molar-refractivity contribution < 1.29 is 9.72 Å². The summed E-state index contributed by atoms with van der Waals surface area (Å²) in [6, 6.07) is 14.5. The van der Waals surface area contributed by atoms with E-state index >= 15 is 0 Å². The van der Waals surface area contributed by atoms with Crippen molar-refractivity contribution in [3.8, 4) is 10.4 Å². The first-order valence-corrected chi connectivity index (χ1v) is 10.2. The Bertz CT molecular complexity index is 1060. The predicted octanol–water partition coefficient (Wildman–Crippen LogP) is 4.88. The lowest BCUT2D eigenvalue weighted by atomic mass is 10.1. The van der Waals surface area contributed by atoms with Crippen LogP contribution in [0.2, 0.25) is 0 Å². The van der Waals surface area contributed by atoms with Gasteiger partial charge in [-0.2, -0.15) is 0 Å². The van der Waals surface area contributed by atoms with Gasteiger partial charge in [0.25, 0.3) is 11.6 Å². The van der Waals surface area contributed by atoms with Crippen molar-refractivity contribution in [3.05, 3.63) is 69.9 Å². The van der Waals surface area contributed by atoms with Gasteiger partial charge < -0.3 is 4.90 Å². The number of thiazole rings is 1. The highest BCUT2D eigenvalue weighted by Gasteiger charge is 2.24. The van der Waals surface area contributed by atoms with Crippen molar-refractivity contribution in [2.24, 2.45) is 0 Å². The SMILES string of the molecule is Cc1nc(NC(=O)c2ccc(N3CCCC3)c([N+](=O)[O-])c2)sc1-c1ccccc1. The number of nitrogens with zero attached hydrogens (tertiary/aromatic N) is 3. The maximum atomic E-state index is 12.7. The summed E-state index contributed by atoms with van der Waals surface area (Å²) < 4.78 is 0. The number of anilines is 2. The van der Waals surface area contributed by atoms with Crippen molar-refractivity contribution in [3.63, 3.8) is 0 Å². The van der Waals surface area contributed by atoms with Crippen molar-refractivity contribution in [2.75, 3.05) is 23.3 Å². The summed E-state index contributed by atoms with van der Waals surface area (Å²) in [7, 11) is 0. The number of hydrogen-bond donors (Lipinski definition) is 1. The lowest BCUT2D eigenvalue weighted by Crippen LogP contribution is -2.19. The van der Waals surface area contributed by atoms with Gasteiger partial charge in [-0.1, -0.05) is 41.7 Å². The number of aryl methyl sites for hydroxylation is 1. The highest BCUT2D eigenvalue weighted by atomic mass is 32.1. The molecule has 0 atom stereocenters. The Hall–Kier alpha value is -3.26. The number of amides is 1. The van der Waals surface area contributed by atoms with Crippen LogP contribution in [0.4, 0.5) is 16.5 Å². The van der Waals surface area contributed by atoms with E-state index in [4.69, 9.17) is 0 Å². The maximum Gasteiger partial charge on any atom is 0.293 e. The number of nitro benzene ring substituents is 1. The van der Waals surface area contributed by atoms with E-state index in [1.165, 1.54) is 17.4 Å². The normalized spacial score (nSPS) is 13.5. The number of rotatable bonds is 5. The summed E-state index contributed by atoms with van der Waals surface area (Å²) in [6.45, 7) is 3.49. The molecule has 8 heteroatoms. The minimum absolute atomic E-state index is 0.0418. The van der Waals surface area contributed by atoms with E-state index in [9.17, 15) is 14.9 Å². The molecule has 0 saturated carbocycles. The van der Waals surface area contributed by atoms with Gasteiger partial charge in [0.1, 0.15) is 5.69 Å². The molecule has 1 aliphatic rings. The summed E-state index contributed by atoms with van der Waals surface area (Å²) in [4.78, 5) is 31.2. The Morgan fingerprint density at radius 2 is 1.90 bits per heavy atom. The van der Waals surface area contributed by atoms with Crippen molar-refractivity contribution in [2.45, 2.75) is 19.8 Å². The van der Waals surface area contributed by atoms with E-state index in [1.54, 1.807) is 12.1 Å². The topological polar surface area (TPSA) is 88.4 Å². The molecule has 2 aromatic carbocycles. The number of carbonyl (C=O) groups is 1. The second-order valence-corrected chi connectivity index (χ2v) is 7.91. The minimum Gasteiger partial charge on any atom is -0.366 e. The lowest BCUT2D eigenvalue weighted by Gasteiger charge is -2.17. The van der Waals surface area contributed by atoms with Gasteiger partial charge in [0, 0.05) is 24.7 Å². The number of aromatic nitrogens is 1. The molecule has 1 aliphatic heterocycles. The Morgan fingerprint density at radius 3 is 2.59 bits per heavy atom. The second-order valence-electron chi connectivity index (χ2n) is 6.91. The third-order valence-electron chi connectivity index (χ3n) is 4.93.